The highest BCUT2D eigenvalue weighted by Crippen LogP contribution is 2.25. The quantitative estimate of drug-likeness (QED) is 0.674. The van der Waals surface area contributed by atoms with E-state index in [9.17, 15) is 9.18 Å². The lowest BCUT2D eigenvalue weighted by atomic mass is 9.99. The smallest absolute Gasteiger partial charge is 0.227 e. The number of nitrogens with one attached hydrogen (secondary N) is 2. The van der Waals surface area contributed by atoms with Gasteiger partial charge in [0.2, 0.25) is 17.6 Å². The summed E-state index contributed by atoms with van der Waals surface area (Å²) in [5.74, 6) is 0.286. The van der Waals surface area contributed by atoms with Crippen LogP contribution in [0, 0.1) is 5.82 Å². The van der Waals surface area contributed by atoms with Gasteiger partial charge in [-0.15, -0.1) is 23.7 Å². The average molecular weight is 409 g/mol. The number of hydrogen-bond donors (Lipinski definition) is 2. The van der Waals surface area contributed by atoms with Gasteiger partial charge in [-0.1, -0.05) is 17.3 Å². The van der Waals surface area contributed by atoms with Crippen molar-refractivity contribution in [2.24, 2.45) is 0 Å². The van der Waals surface area contributed by atoms with E-state index in [-0.39, 0.29) is 36.2 Å². The Labute approximate surface area is 165 Å². The molecule has 0 aliphatic carbocycles. The number of benzene rings is 1. The molecular weight excluding hydrogens is 391 g/mol. The van der Waals surface area contributed by atoms with Crippen LogP contribution >= 0.6 is 23.7 Å². The van der Waals surface area contributed by atoms with Crippen molar-refractivity contribution in [2.75, 3.05) is 11.9 Å². The number of carbonyl (C=O) groups excluding carboxylic acids is 1. The number of carbonyl (C=O) groups is 1. The number of anilines is 1. The highest BCUT2D eigenvalue weighted by molar-refractivity contribution is 7.13. The lowest BCUT2D eigenvalue weighted by molar-refractivity contribution is -0.116. The van der Waals surface area contributed by atoms with E-state index < -0.39 is 0 Å². The van der Waals surface area contributed by atoms with E-state index >= 15 is 0 Å². The van der Waals surface area contributed by atoms with Crippen LogP contribution in [0.15, 0.2) is 34.2 Å². The Morgan fingerprint density at radius 3 is 3.07 bits per heavy atom. The second-order valence-corrected chi connectivity index (χ2v) is 6.98. The van der Waals surface area contributed by atoms with Crippen molar-refractivity contribution < 1.29 is 13.7 Å². The minimum Gasteiger partial charge on any atom is -0.339 e. The topological polar surface area (TPSA) is 80.0 Å². The second kappa shape index (κ2) is 8.60. The molecule has 1 aliphatic rings. The van der Waals surface area contributed by atoms with Crippen molar-refractivity contribution in [3.8, 4) is 10.7 Å². The summed E-state index contributed by atoms with van der Waals surface area (Å²) < 4.78 is 19.7. The summed E-state index contributed by atoms with van der Waals surface area (Å²) in [6.07, 6.45) is 1.07. The van der Waals surface area contributed by atoms with Gasteiger partial charge < -0.3 is 15.2 Å². The molecule has 9 heteroatoms. The molecule has 142 valence electrons. The molecular formula is C18H18ClFN4O2S. The number of fused-ring (bicyclic) bond motifs is 1. The zero-order valence-corrected chi connectivity index (χ0v) is 16.0. The molecule has 2 aromatic heterocycles. The van der Waals surface area contributed by atoms with Gasteiger partial charge in [-0.2, -0.15) is 4.98 Å². The maximum absolute atomic E-state index is 14.6. The Bertz CT molecular complexity index is 930. The van der Waals surface area contributed by atoms with Gasteiger partial charge in [-0.25, -0.2) is 4.39 Å². The van der Waals surface area contributed by atoms with Gasteiger partial charge in [0.25, 0.3) is 0 Å². The van der Waals surface area contributed by atoms with Crippen molar-refractivity contribution in [3.05, 3.63) is 52.5 Å². The molecule has 1 aliphatic heterocycles. The monoisotopic (exact) mass is 408 g/mol. The summed E-state index contributed by atoms with van der Waals surface area (Å²) in [5.41, 5.74) is 1.85. The normalized spacial score (nSPS) is 12.9. The van der Waals surface area contributed by atoms with Gasteiger partial charge in [0.15, 0.2) is 0 Å². The minimum absolute atomic E-state index is 0. The van der Waals surface area contributed by atoms with Crippen LogP contribution < -0.4 is 10.6 Å². The van der Waals surface area contributed by atoms with Crippen LogP contribution in [0.5, 0.6) is 0 Å². The highest BCUT2D eigenvalue weighted by atomic mass is 35.5. The third-order valence-electron chi connectivity index (χ3n) is 4.26. The third kappa shape index (κ3) is 4.35. The van der Waals surface area contributed by atoms with Crippen LogP contribution in [0.25, 0.3) is 10.7 Å². The number of aryl methyl sites for hydroxylation is 1. The third-order valence-corrected chi connectivity index (χ3v) is 5.12. The molecule has 2 N–H and O–H groups in total. The number of aromatic nitrogens is 2. The first-order valence-electron chi connectivity index (χ1n) is 8.38. The Hall–Kier alpha value is -2.29. The zero-order chi connectivity index (χ0) is 17.9. The number of hydrogen-bond acceptors (Lipinski definition) is 6. The van der Waals surface area contributed by atoms with E-state index in [1.807, 2.05) is 23.6 Å². The van der Waals surface area contributed by atoms with Crippen LogP contribution in [-0.4, -0.2) is 22.6 Å². The number of halogens is 2. The molecule has 0 unspecified atom stereocenters. The molecule has 0 fully saturated rings. The molecule has 1 aromatic carbocycles. The largest absolute Gasteiger partial charge is 0.339 e. The molecule has 0 bridgehead atoms. The van der Waals surface area contributed by atoms with E-state index in [1.54, 1.807) is 6.07 Å². The van der Waals surface area contributed by atoms with Crippen LogP contribution in [-0.2, 0) is 24.2 Å². The van der Waals surface area contributed by atoms with Crippen molar-refractivity contribution in [3.63, 3.8) is 0 Å². The van der Waals surface area contributed by atoms with Gasteiger partial charge in [-0.05, 0) is 41.6 Å². The number of thiophene rings is 1. The Morgan fingerprint density at radius 1 is 1.37 bits per heavy atom. The SMILES string of the molecule is Cl.O=C(CCc1nc(-c2cccs2)no1)Nc1ccc2c(c1F)CCNC2. The summed E-state index contributed by atoms with van der Waals surface area (Å²) in [4.78, 5) is 17.4. The molecule has 0 saturated heterocycles. The molecule has 6 nitrogen and oxygen atoms in total. The lowest BCUT2D eigenvalue weighted by Crippen LogP contribution is -2.25. The first-order valence-corrected chi connectivity index (χ1v) is 9.26. The van der Waals surface area contributed by atoms with E-state index in [4.69, 9.17) is 4.52 Å². The van der Waals surface area contributed by atoms with Crippen LogP contribution in [0.4, 0.5) is 10.1 Å². The van der Waals surface area contributed by atoms with E-state index in [2.05, 4.69) is 20.8 Å². The number of amides is 1. The summed E-state index contributed by atoms with van der Waals surface area (Å²) >= 11 is 1.52. The van der Waals surface area contributed by atoms with Gasteiger partial charge in [0, 0.05) is 19.4 Å². The Morgan fingerprint density at radius 2 is 2.26 bits per heavy atom. The number of nitrogens with zero attached hydrogens (tertiary/aromatic N) is 2. The van der Waals surface area contributed by atoms with Gasteiger partial charge >= 0.3 is 0 Å². The van der Waals surface area contributed by atoms with Crippen LogP contribution in [0.1, 0.15) is 23.4 Å². The molecule has 0 atom stereocenters. The molecule has 3 aromatic rings. The first-order chi connectivity index (χ1) is 12.7. The second-order valence-electron chi connectivity index (χ2n) is 6.03. The molecule has 4 rings (SSSR count). The zero-order valence-electron chi connectivity index (χ0n) is 14.3. The predicted octanol–water partition coefficient (Wildman–Crippen LogP) is 3.58. The highest BCUT2D eigenvalue weighted by Gasteiger charge is 2.18. The fourth-order valence-electron chi connectivity index (χ4n) is 2.93. The lowest BCUT2D eigenvalue weighted by Gasteiger charge is -2.19. The molecule has 3 heterocycles. The summed E-state index contributed by atoms with van der Waals surface area (Å²) in [5, 5.41) is 11.7. The van der Waals surface area contributed by atoms with E-state index in [0.29, 0.717) is 36.7 Å². The molecule has 0 radical (unpaired) electrons. The first kappa shape index (κ1) is 19.5. The summed E-state index contributed by atoms with van der Waals surface area (Å²) in [7, 11) is 0. The molecule has 1 amide bonds. The minimum atomic E-state index is -0.338. The van der Waals surface area contributed by atoms with E-state index in [0.717, 1.165) is 17.0 Å². The van der Waals surface area contributed by atoms with Crippen molar-refractivity contribution in [1.29, 1.82) is 0 Å². The van der Waals surface area contributed by atoms with Crippen LogP contribution in [0.3, 0.4) is 0 Å². The Kier molecular flexibility index (Phi) is 6.20. The van der Waals surface area contributed by atoms with Gasteiger partial charge in [0.05, 0.1) is 10.6 Å². The maximum atomic E-state index is 14.6. The van der Waals surface area contributed by atoms with Gasteiger partial charge in [0.1, 0.15) is 5.82 Å². The average Bonchev–Trinajstić information content (AvgIpc) is 3.34. The number of rotatable bonds is 5. The van der Waals surface area contributed by atoms with E-state index in [1.165, 1.54) is 11.3 Å². The standard InChI is InChI=1S/C18H17FN4O2S.ClH/c19-17-12-7-8-20-10-11(12)3-4-13(17)21-15(24)5-6-16-22-18(23-25-16)14-2-1-9-26-14;/h1-4,9,20H,5-8,10H2,(H,21,24);1H. The molecule has 27 heavy (non-hydrogen) atoms. The van der Waals surface area contributed by atoms with Crippen molar-refractivity contribution in [1.82, 2.24) is 15.5 Å². The molecule has 0 saturated carbocycles. The maximum Gasteiger partial charge on any atom is 0.227 e. The fourth-order valence-corrected chi connectivity index (χ4v) is 3.57. The Balaban J connectivity index is 0.00000210. The summed E-state index contributed by atoms with van der Waals surface area (Å²) in [6, 6.07) is 7.28. The van der Waals surface area contributed by atoms with Crippen LogP contribution in [0.2, 0.25) is 0 Å². The fraction of sp³-hybridized carbons (Fsp3) is 0.278. The van der Waals surface area contributed by atoms with Gasteiger partial charge in [-0.3, -0.25) is 4.79 Å². The van der Waals surface area contributed by atoms with Crippen molar-refractivity contribution in [2.45, 2.75) is 25.8 Å². The molecule has 0 spiro atoms. The summed E-state index contributed by atoms with van der Waals surface area (Å²) in [6.45, 7) is 1.40. The predicted molar refractivity (Wildman–Crippen MR) is 104 cm³/mol. The van der Waals surface area contributed by atoms with Crippen molar-refractivity contribution >= 4 is 35.3 Å².